The molecule has 1 amide bonds. The first-order valence-corrected chi connectivity index (χ1v) is 10.2. The number of nitrogens with zero attached hydrogens (tertiary/aromatic N) is 1. The zero-order valence-electron chi connectivity index (χ0n) is 14.4. The monoisotopic (exact) mass is 368 g/mol. The highest BCUT2D eigenvalue weighted by Crippen LogP contribution is 2.32. The number of piperazine rings is 1. The minimum atomic E-state index is -3.55. The molecule has 2 aliphatic rings. The van der Waals surface area contributed by atoms with Gasteiger partial charge in [-0.05, 0) is 19.1 Å². The number of hydrogen-bond acceptors (Lipinski definition) is 6. The van der Waals surface area contributed by atoms with Crippen LogP contribution in [0.1, 0.15) is 19.8 Å². The molecular formula is C17H24N2O5S. The molecule has 0 aliphatic carbocycles. The van der Waals surface area contributed by atoms with Gasteiger partial charge >= 0.3 is 0 Å². The summed E-state index contributed by atoms with van der Waals surface area (Å²) in [6, 6.07) is 4.86. The molecule has 0 aromatic heterocycles. The molecule has 8 heteroatoms. The van der Waals surface area contributed by atoms with E-state index in [1.807, 2.05) is 6.92 Å². The maximum absolute atomic E-state index is 12.6. The molecule has 1 N–H and O–H groups in total. The van der Waals surface area contributed by atoms with E-state index in [-0.39, 0.29) is 29.0 Å². The number of hydrogen-bond donors (Lipinski definition) is 1. The van der Waals surface area contributed by atoms with Crippen molar-refractivity contribution in [3.8, 4) is 11.5 Å². The van der Waals surface area contributed by atoms with E-state index in [2.05, 4.69) is 5.32 Å². The Hall–Kier alpha value is -1.80. The first-order chi connectivity index (χ1) is 12.0. The molecule has 1 aromatic carbocycles. The van der Waals surface area contributed by atoms with Crippen molar-refractivity contribution in [3.05, 3.63) is 18.2 Å². The van der Waals surface area contributed by atoms with Crippen LogP contribution in [-0.2, 0) is 14.6 Å². The molecule has 2 aliphatic heterocycles. The second-order valence-electron chi connectivity index (χ2n) is 6.42. The van der Waals surface area contributed by atoms with Crippen molar-refractivity contribution in [2.24, 2.45) is 0 Å². The average molecular weight is 368 g/mol. The quantitative estimate of drug-likeness (QED) is 0.847. The molecule has 0 radical (unpaired) electrons. The van der Waals surface area contributed by atoms with Crippen molar-refractivity contribution < 1.29 is 22.7 Å². The summed E-state index contributed by atoms with van der Waals surface area (Å²) >= 11 is 0. The Morgan fingerprint density at radius 1 is 1.28 bits per heavy atom. The van der Waals surface area contributed by atoms with Crippen molar-refractivity contribution in [1.82, 2.24) is 10.2 Å². The van der Waals surface area contributed by atoms with Crippen LogP contribution in [0.25, 0.3) is 0 Å². The highest BCUT2D eigenvalue weighted by Gasteiger charge is 2.24. The Morgan fingerprint density at radius 3 is 2.80 bits per heavy atom. The standard InChI is InChI=1S/C17H24N2O5S/c1-13-12-19(7-6-18-13)17(20)5-10-25(21,22)14-3-4-15-16(11-14)24-9-2-8-23-15/h3-4,11,13,18H,2,5-10,12H2,1H3/t13-/m1/s1. The summed E-state index contributed by atoms with van der Waals surface area (Å²) in [5, 5.41) is 3.26. The van der Waals surface area contributed by atoms with E-state index in [1.54, 1.807) is 11.0 Å². The topological polar surface area (TPSA) is 84.9 Å². The van der Waals surface area contributed by atoms with Gasteiger partial charge in [0.15, 0.2) is 21.3 Å². The van der Waals surface area contributed by atoms with Crippen LogP contribution in [-0.4, -0.2) is 63.9 Å². The van der Waals surface area contributed by atoms with Gasteiger partial charge in [0.1, 0.15) is 0 Å². The van der Waals surface area contributed by atoms with Crippen LogP contribution in [0.4, 0.5) is 0 Å². The summed E-state index contributed by atoms with van der Waals surface area (Å²) in [5.74, 6) is 0.679. The molecular weight excluding hydrogens is 344 g/mol. The third-order valence-corrected chi connectivity index (χ3v) is 6.10. The smallest absolute Gasteiger partial charge is 0.223 e. The van der Waals surface area contributed by atoms with Crippen LogP contribution in [0, 0.1) is 0 Å². The third-order valence-electron chi connectivity index (χ3n) is 4.38. The van der Waals surface area contributed by atoms with Crippen molar-refractivity contribution in [2.45, 2.75) is 30.7 Å². The Bertz CT molecular complexity index is 735. The molecule has 0 unspecified atom stereocenters. The van der Waals surface area contributed by atoms with E-state index < -0.39 is 9.84 Å². The van der Waals surface area contributed by atoms with Gasteiger partial charge in [-0.25, -0.2) is 8.42 Å². The SMILES string of the molecule is C[C@@H]1CN(C(=O)CCS(=O)(=O)c2ccc3c(c2)OCCCO3)CCN1. The molecule has 1 saturated heterocycles. The fourth-order valence-corrected chi connectivity index (χ4v) is 4.23. The number of amides is 1. The van der Waals surface area contributed by atoms with Crippen LogP contribution in [0.15, 0.2) is 23.1 Å². The number of benzene rings is 1. The first-order valence-electron chi connectivity index (χ1n) is 8.59. The van der Waals surface area contributed by atoms with Gasteiger partial charge in [-0.1, -0.05) is 0 Å². The van der Waals surface area contributed by atoms with Crippen LogP contribution in [0.2, 0.25) is 0 Å². The van der Waals surface area contributed by atoms with Crippen LogP contribution in [0.5, 0.6) is 11.5 Å². The molecule has 7 nitrogen and oxygen atoms in total. The molecule has 138 valence electrons. The van der Waals surface area contributed by atoms with Gasteiger partial charge in [-0.2, -0.15) is 0 Å². The summed E-state index contributed by atoms with van der Waals surface area (Å²) in [4.78, 5) is 14.2. The maximum Gasteiger partial charge on any atom is 0.223 e. The fraction of sp³-hybridized carbons (Fsp3) is 0.588. The van der Waals surface area contributed by atoms with E-state index >= 15 is 0 Å². The van der Waals surface area contributed by atoms with Crippen molar-refractivity contribution >= 4 is 15.7 Å². The van der Waals surface area contributed by atoms with Gasteiger partial charge in [-0.3, -0.25) is 4.79 Å². The van der Waals surface area contributed by atoms with Gasteiger partial charge in [0.25, 0.3) is 0 Å². The molecule has 2 heterocycles. The summed E-state index contributed by atoms with van der Waals surface area (Å²) in [7, 11) is -3.55. The van der Waals surface area contributed by atoms with Crippen LogP contribution in [0.3, 0.4) is 0 Å². The molecule has 0 spiro atoms. The number of carbonyl (C=O) groups excluding carboxylic acids is 1. The second-order valence-corrected chi connectivity index (χ2v) is 8.53. The zero-order valence-corrected chi connectivity index (χ0v) is 15.2. The lowest BCUT2D eigenvalue weighted by Crippen LogP contribution is -2.51. The lowest BCUT2D eigenvalue weighted by Gasteiger charge is -2.31. The van der Waals surface area contributed by atoms with E-state index in [9.17, 15) is 13.2 Å². The minimum absolute atomic E-state index is 0.0104. The summed E-state index contributed by atoms with van der Waals surface area (Å²) < 4.78 is 36.2. The van der Waals surface area contributed by atoms with E-state index in [1.165, 1.54) is 12.1 Å². The van der Waals surface area contributed by atoms with E-state index in [0.29, 0.717) is 37.8 Å². The molecule has 0 saturated carbocycles. The van der Waals surface area contributed by atoms with Gasteiger partial charge < -0.3 is 19.7 Å². The lowest BCUT2D eigenvalue weighted by atomic mass is 10.2. The van der Waals surface area contributed by atoms with Crippen LogP contribution >= 0.6 is 0 Å². The molecule has 0 bridgehead atoms. The van der Waals surface area contributed by atoms with Crippen molar-refractivity contribution in [1.29, 1.82) is 0 Å². The highest BCUT2D eigenvalue weighted by molar-refractivity contribution is 7.91. The van der Waals surface area contributed by atoms with Crippen molar-refractivity contribution in [2.75, 3.05) is 38.6 Å². The second kappa shape index (κ2) is 7.61. The highest BCUT2D eigenvalue weighted by atomic mass is 32.2. The largest absolute Gasteiger partial charge is 0.490 e. The van der Waals surface area contributed by atoms with Gasteiger partial charge in [-0.15, -0.1) is 0 Å². The number of fused-ring (bicyclic) bond motifs is 1. The summed E-state index contributed by atoms with van der Waals surface area (Å²) in [5.41, 5.74) is 0. The molecule has 3 rings (SSSR count). The molecule has 1 atom stereocenters. The summed E-state index contributed by atoms with van der Waals surface area (Å²) in [6.45, 7) is 5.03. The Morgan fingerprint density at radius 2 is 2.04 bits per heavy atom. The van der Waals surface area contributed by atoms with Crippen molar-refractivity contribution in [3.63, 3.8) is 0 Å². The maximum atomic E-state index is 12.6. The zero-order chi connectivity index (χ0) is 17.9. The van der Waals surface area contributed by atoms with Gasteiger partial charge in [0.05, 0.1) is 23.9 Å². The van der Waals surface area contributed by atoms with E-state index in [4.69, 9.17) is 9.47 Å². The number of carbonyl (C=O) groups is 1. The molecule has 25 heavy (non-hydrogen) atoms. The fourth-order valence-electron chi connectivity index (χ4n) is 2.99. The van der Waals surface area contributed by atoms with Gasteiger partial charge in [0.2, 0.25) is 5.91 Å². The van der Waals surface area contributed by atoms with Gasteiger partial charge in [0, 0.05) is 44.6 Å². The number of rotatable bonds is 4. The first kappa shape index (κ1) is 18.0. The minimum Gasteiger partial charge on any atom is -0.490 e. The summed E-state index contributed by atoms with van der Waals surface area (Å²) in [6.07, 6.45) is 0.748. The van der Waals surface area contributed by atoms with E-state index in [0.717, 1.165) is 13.0 Å². The predicted molar refractivity (Wildman–Crippen MR) is 92.8 cm³/mol. The normalized spacial score (nSPS) is 20.8. The number of nitrogens with one attached hydrogen (secondary N) is 1. The average Bonchev–Trinajstić information content (AvgIpc) is 2.84. The molecule has 1 fully saturated rings. The Labute approximate surface area is 148 Å². The third kappa shape index (κ3) is 4.43. The number of sulfone groups is 1. The Balaban J connectivity index is 1.65. The molecule has 1 aromatic rings. The lowest BCUT2D eigenvalue weighted by molar-refractivity contribution is -0.131. The van der Waals surface area contributed by atoms with Crippen LogP contribution < -0.4 is 14.8 Å². The predicted octanol–water partition coefficient (Wildman–Crippen LogP) is 0.832. The Kier molecular flexibility index (Phi) is 5.48. The number of ether oxygens (including phenoxy) is 2.